The molecule has 1 nitrogen and oxygen atoms in total. The molecule has 1 rings (SSSR count). The number of aryl methyl sites for hydroxylation is 1. The molecule has 1 heterocycles. The summed E-state index contributed by atoms with van der Waals surface area (Å²) in [4.78, 5) is 3.82. The second-order valence-electron chi connectivity index (χ2n) is 1.96. The van der Waals surface area contributed by atoms with E-state index in [1.807, 2.05) is 26.8 Å². The highest BCUT2D eigenvalue weighted by Crippen LogP contribution is 1.98. The summed E-state index contributed by atoms with van der Waals surface area (Å²) in [6.07, 6.45) is 1.66. The predicted octanol–water partition coefficient (Wildman–Crippen LogP) is 2.89. The Labute approximate surface area is 67.3 Å². The Balaban J connectivity index is 0.000000461. The fourth-order valence-corrected chi connectivity index (χ4v) is 0.577. The summed E-state index contributed by atoms with van der Waals surface area (Å²) in [5.74, 6) is 0. The first-order chi connectivity index (χ1) is 5.33. The standard InChI is InChI=1S/C7H8FN.C2H6/c1-6-2-3-7(4-8)9-5-6;1-2/h2-3,5H,4H2,1H3;1-2H3. The van der Waals surface area contributed by atoms with Gasteiger partial charge in [0, 0.05) is 6.20 Å². The molecule has 0 bridgehead atoms. The monoisotopic (exact) mass is 155 g/mol. The highest BCUT2D eigenvalue weighted by Gasteiger charge is 1.88. The van der Waals surface area contributed by atoms with Crippen molar-refractivity contribution in [3.8, 4) is 0 Å². The molecule has 0 spiro atoms. The van der Waals surface area contributed by atoms with Gasteiger partial charge < -0.3 is 0 Å². The van der Waals surface area contributed by atoms with Gasteiger partial charge in [-0.3, -0.25) is 4.98 Å². The molecule has 2 heteroatoms. The van der Waals surface area contributed by atoms with Gasteiger partial charge in [-0.15, -0.1) is 0 Å². The molecule has 0 amide bonds. The molecule has 0 saturated carbocycles. The maximum absolute atomic E-state index is 11.8. The number of hydrogen-bond acceptors (Lipinski definition) is 1. The number of hydrogen-bond donors (Lipinski definition) is 0. The zero-order valence-electron chi connectivity index (χ0n) is 7.26. The van der Waals surface area contributed by atoms with Crippen molar-refractivity contribution in [1.82, 2.24) is 4.98 Å². The summed E-state index contributed by atoms with van der Waals surface area (Å²) in [7, 11) is 0. The van der Waals surface area contributed by atoms with Crippen LogP contribution in [0.5, 0.6) is 0 Å². The van der Waals surface area contributed by atoms with E-state index in [0.29, 0.717) is 5.69 Å². The van der Waals surface area contributed by atoms with Gasteiger partial charge in [0.1, 0.15) is 6.67 Å². The number of aromatic nitrogens is 1. The minimum Gasteiger partial charge on any atom is -0.258 e. The molecule has 0 saturated heterocycles. The van der Waals surface area contributed by atoms with E-state index in [-0.39, 0.29) is 0 Å². The summed E-state index contributed by atoms with van der Waals surface area (Å²) < 4.78 is 11.8. The highest BCUT2D eigenvalue weighted by molar-refractivity contribution is 5.11. The van der Waals surface area contributed by atoms with Crippen LogP contribution in [0.15, 0.2) is 18.3 Å². The first kappa shape index (κ1) is 10.1. The maximum Gasteiger partial charge on any atom is 0.131 e. The molecule has 1 aromatic rings. The van der Waals surface area contributed by atoms with E-state index in [4.69, 9.17) is 0 Å². The lowest BCUT2D eigenvalue weighted by Crippen LogP contribution is -1.83. The van der Waals surface area contributed by atoms with E-state index >= 15 is 0 Å². The van der Waals surface area contributed by atoms with Crippen molar-refractivity contribution in [3.05, 3.63) is 29.6 Å². The lowest BCUT2D eigenvalue weighted by Gasteiger charge is -1.91. The second kappa shape index (κ2) is 5.83. The van der Waals surface area contributed by atoms with Gasteiger partial charge in [-0.05, 0) is 18.6 Å². The van der Waals surface area contributed by atoms with Gasteiger partial charge in [0.15, 0.2) is 0 Å². The smallest absolute Gasteiger partial charge is 0.131 e. The fourth-order valence-electron chi connectivity index (χ4n) is 0.577. The Morgan fingerprint density at radius 2 is 2.00 bits per heavy atom. The lowest BCUT2D eigenvalue weighted by atomic mass is 10.3. The molecule has 1 aromatic heterocycles. The molecule has 0 aliphatic rings. The Kier molecular flexibility index (Phi) is 5.35. The van der Waals surface area contributed by atoms with E-state index in [1.54, 1.807) is 12.3 Å². The molecular formula is C9H14FN. The number of alkyl halides is 1. The van der Waals surface area contributed by atoms with E-state index < -0.39 is 6.67 Å². The van der Waals surface area contributed by atoms with Gasteiger partial charge in [0.25, 0.3) is 0 Å². The molecule has 0 unspecified atom stereocenters. The zero-order chi connectivity index (χ0) is 8.69. The average molecular weight is 155 g/mol. The van der Waals surface area contributed by atoms with Crippen molar-refractivity contribution >= 4 is 0 Å². The molecule has 0 aliphatic carbocycles. The van der Waals surface area contributed by atoms with Gasteiger partial charge in [-0.25, -0.2) is 4.39 Å². The Bertz CT molecular complexity index is 181. The minimum absolute atomic E-state index is 0.472. The Hall–Kier alpha value is -0.920. The topological polar surface area (TPSA) is 12.9 Å². The SMILES string of the molecule is CC.Cc1ccc(CF)nc1. The van der Waals surface area contributed by atoms with Crippen LogP contribution in [-0.4, -0.2) is 4.98 Å². The normalized spacial score (nSPS) is 8.36. The molecule has 0 aromatic carbocycles. The van der Waals surface area contributed by atoms with Gasteiger partial charge in [-0.2, -0.15) is 0 Å². The fraction of sp³-hybridized carbons (Fsp3) is 0.444. The molecule has 0 aliphatic heterocycles. The molecule has 0 radical (unpaired) electrons. The van der Waals surface area contributed by atoms with Crippen LogP contribution in [0.4, 0.5) is 4.39 Å². The van der Waals surface area contributed by atoms with E-state index in [0.717, 1.165) is 5.56 Å². The van der Waals surface area contributed by atoms with Crippen molar-refractivity contribution in [2.75, 3.05) is 0 Å². The lowest BCUT2D eigenvalue weighted by molar-refractivity contribution is 0.476. The van der Waals surface area contributed by atoms with Crippen LogP contribution in [0, 0.1) is 6.92 Å². The Morgan fingerprint density at radius 3 is 2.36 bits per heavy atom. The second-order valence-corrected chi connectivity index (χ2v) is 1.96. The van der Waals surface area contributed by atoms with Gasteiger partial charge in [0.05, 0.1) is 5.69 Å². The van der Waals surface area contributed by atoms with Crippen molar-refractivity contribution in [3.63, 3.8) is 0 Å². The molecular weight excluding hydrogens is 141 g/mol. The van der Waals surface area contributed by atoms with E-state index in [1.165, 1.54) is 0 Å². The van der Waals surface area contributed by atoms with Crippen molar-refractivity contribution in [2.45, 2.75) is 27.4 Å². The zero-order valence-corrected chi connectivity index (χ0v) is 7.26. The van der Waals surface area contributed by atoms with Gasteiger partial charge in [0.2, 0.25) is 0 Å². The van der Waals surface area contributed by atoms with Crippen LogP contribution in [0.3, 0.4) is 0 Å². The summed E-state index contributed by atoms with van der Waals surface area (Å²) in [5.41, 5.74) is 1.56. The molecule has 0 N–H and O–H groups in total. The summed E-state index contributed by atoms with van der Waals surface area (Å²) in [6.45, 7) is 5.45. The van der Waals surface area contributed by atoms with Gasteiger partial charge in [-0.1, -0.05) is 19.9 Å². The van der Waals surface area contributed by atoms with Crippen LogP contribution in [0.2, 0.25) is 0 Å². The third-order valence-electron chi connectivity index (χ3n) is 1.11. The number of nitrogens with zero attached hydrogens (tertiary/aromatic N) is 1. The molecule has 0 fully saturated rings. The summed E-state index contributed by atoms with van der Waals surface area (Å²) >= 11 is 0. The van der Waals surface area contributed by atoms with Crippen molar-refractivity contribution < 1.29 is 4.39 Å². The van der Waals surface area contributed by atoms with Crippen molar-refractivity contribution in [1.29, 1.82) is 0 Å². The first-order valence-electron chi connectivity index (χ1n) is 3.80. The highest BCUT2D eigenvalue weighted by atomic mass is 19.1. The maximum atomic E-state index is 11.8. The quantitative estimate of drug-likeness (QED) is 0.607. The third kappa shape index (κ3) is 3.71. The van der Waals surface area contributed by atoms with Crippen LogP contribution in [0.1, 0.15) is 25.1 Å². The van der Waals surface area contributed by atoms with Gasteiger partial charge >= 0.3 is 0 Å². The van der Waals surface area contributed by atoms with E-state index in [9.17, 15) is 4.39 Å². The van der Waals surface area contributed by atoms with E-state index in [2.05, 4.69) is 4.98 Å². The molecule has 0 atom stereocenters. The third-order valence-corrected chi connectivity index (χ3v) is 1.11. The Morgan fingerprint density at radius 1 is 1.36 bits per heavy atom. The summed E-state index contributed by atoms with van der Waals surface area (Å²) in [5, 5.41) is 0. The van der Waals surface area contributed by atoms with Crippen LogP contribution in [0.25, 0.3) is 0 Å². The van der Waals surface area contributed by atoms with Crippen LogP contribution in [-0.2, 0) is 6.67 Å². The number of rotatable bonds is 1. The molecule has 62 valence electrons. The first-order valence-corrected chi connectivity index (χ1v) is 3.80. The number of pyridine rings is 1. The average Bonchev–Trinajstić information content (AvgIpc) is 2.10. The number of halogens is 1. The molecule has 11 heavy (non-hydrogen) atoms. The van der Waals surface area contributed by atoms with Crippen LogP contribution < -0.4 is 0 Å². The van der Waals surface area contributed by atoms with Crippen LogP contribution >= 0.6 is 0 Å². The summed E-state index contributed by atoms with van der Waals surface area (Å²) in [6, 6.07) is 3.54. The largest absolute Gasteiger partial charge is 0.258 e. The minimum atomic E-state index is -0.472. The predicted molar refractivity (Wildman–Crippen MR) is 45.1 cm³/mol. The van der Waals surface area contributed by atoms with Crippen molar-refractivity contribution in [2.24, 2.45) is 0 Å².